The van der Waals surface area contributed by atoms with Gasteiger partial charge in [-0.3, -0.25) is 4.79 Å². The Hall–Kier alpha value is -1.29. The van der Waals surface area contributed by atoms with Gasteiger partial charge in [0.25, 0.3) is 5.91 Å². The summed E-state index contributed by atoms with van der Waals surface area (Å²) in [7, 11) is 1.84. The van der Waals surface area contributed by atoms with E-state index < -0.39 is 5.60 Å². The zero-order valence-electron chi connectivity index (χ0n) is 10.4. The Bertz CT molecular complexity index is 363. The SMILES string of the molecule is CCN(CC(C)(C)O)C(=O)c1cccn1C. The van der Waals surface area contributed by atoms with E-state index in [1.165, 1.54) is 0 Å². The predicted molar refractivity (Wildman–Crippen MR) is 63.3 cm³/mol. The zero-order chi connectivity index (χ0) is 12.3. The summed E-state index contributed by atoms with van der Waals surface area (Å²) in [5.41, 5.74) is -0.220. The molecule has 0 spiro atoms. The van der Waals surface area contributed by atoms with E-state index in [1.807, 2.05) is 26.2 Å². The third-order valence-corrected chi connectivity index (χ3v) is 2.41. The molecule has 0 aromatic carbocycles. The second-order valence-corrected chi connectivity index (χ2v) is 4.64. The minimum atomic E-state index is -0.864. The van der Waals surface area contributed by atoms with Crippen LogP contribution in [0.1, 0.15) is 31.3 Å². The first kappa shape index (κ1) is 12.8. The molecule has 1 aromatic rings. The quantitative estimate of drug-likeness (QED) is 0.836. The number of aryl methyl sites for hydroxylation is 1. The van der Waals surface area contributed by atoms with E-state index in [-0.39, 0.29) is 5.91 Å². The summed E-state index contributed by atoms with van der Waals surface area (Å²) in [4.78, 5) is 13.8. The van der Waals surface area contributed by atoms with Crippen molar-refractivity contribution in [3.63, 3.8) is 0 Å². The number of carbonyl (C=O) groups excluding carboxylic acids is 1. The lowest BCUT2D eigenvalue weighted by Gasteiger charge is -2.28. The molecule has 0 saturated carbocycles. The maximum atomic E-state index is 12.1. The lowest BCUT2D eigenvalue weighted by molar-refractivity contribution is 0.0309. The summed E-state index contributed by atoms with van der Waals surface area (Å²) in [6, 6.07) is 3.63. The van der Waals surface area contributed by atoms with Crippen molar-refractivity contribution < 1.29 is 9.90 Å². The summed E-state index contributed by atoms with van der Waals surface area (Å²) in [5, 5.41) is 9.73. The molecule has 4 nitrogen and oxygen atoms in total. The fourth-order valence-corrected chi connectivity index (χ4v) is 1.64. The number of aromatic nitrogens is 1. The molecule has 0 unspecified atom stereocenters. The van der Waals surface area contributed by atoms with Gasteiger partial charge in [0, 0.05) is 26.3 Å². The number of hydrogen-bond acceptors (Lipinski definition) is 2. The van der Waals surface area contributed by atoms with Crippen molar-refractivity contribution in [2.45, 2.75) is 26.4 Å². The van der Waals surface area contributed by atoms with Crippen LogP contribution in [-0.4, -0.2) is 39.2 Å². The van der Waals surface area contributed by atoms with Gasteiger partial charge in [-0.1, -0.05) is 0 Å². The summed E-state index contributed by atoms with van der Waals surface area (Å²) < 4.78 is 1.79. The standard InChI is InChI=1S/C12H20N2O2/c1-5-14(9-12(2,3)16)11(15)10-7-6-8-13(10)4/h6-8,16H,5,9H2,1-4H3. The van der Waals surface area contributed by atoms with E-state index >= 15 is 0 Å². The molecule has 0 fully saturated rings. The predicted octanol–water partition coefficient (Wildman–Crippen LogP) is 1.26. The van der Waals surface area contributed by atoms with Gasteiger partial charge >= 0.3 is 0 Å². The number of likely N-dealkylation sites (N-methyl/N-ethyl adjacent to an activating group) is 1. The number of nitrogens with zero attached hydrogens (tertiary/aromatic N) is 2. The zero-order valence-corrected chi connectivity index (χ0v) is 10.4. The fraction of sp³-hybridized carbons (Fsp3) is 0.583. The van der Waals surface area contributed by atoms with Gasteiger partial charge < -0.3 is 14.6 Å². The van der Waals surface area contributed by atoms with E-state index in [0.29, 0.717) is 18.8 Å². The Labute approximate surface area is 96.5 Å². The topological polar surface area (TPSA) is 45.5 Å². The highest BCUT2D eigenvalue weighted by Gasteiger charge is 2.23. The third-order valence-electron chi connectivity index (χ3n) is 2.41. The van der Waals surface area contributed by atoms with Gasteiger partial charge in [0.15, 0.2) is 0 Å². The average Bonchev–Trinajstić information content (AvgIpc) is 2.58. The van der Waals surface area contributed by atoms with Gasteiger partial charge in [-0.15, -0.1) is 0 Å². The minimum Gasteiger partial charge on any atom is -0.389 e. The molecule has 1 aromatic heterocycles. The van der Waals surface area contributed by atoms with Crippen molar-refractivity contribution in [2.75, 3.05) is 13.1 Å². The highest BCUT2D eigenvalue weighted by atomic mass is 16.3. The fourth-order valence-electron chi connectivity index (χ4n) is 1.64. The van der Waals surface area contributed by atoms with Crippen LogP contribution < -0.4 is 0 Å². The van der Waals surface area contributed by atoms with Crippen molar-refractivity contribution >= 4 is 5.91 Å². The molecule has 0 aliphatic heterocycles. The summed E-state index contributed by atoms with van der Waals surface area (Å²) in [5.74, 6) is -0.0443. The van der Waals surface area contributed by atoms with Gasteiger partial charge in [0.2, 0.25) is 0 Å². The molecular weight excluding hydrogens is 204 g/mol. The Morgan fingerprint density at radius 3 is 2.56 bits per heavy atom. The van der Waals surface area contributed by atoms with Crippen molar-refractivity contribution in [3.8, 4) is 0 Å². The van der Waals surface area contributed by atoms with E-state index in [1.54, 1.807) is 29.4 Å². The van der Waals surface area contributed by atoms with Gasteiger partial charge in [0.1, 0.15) is 5.69 Å². The van der Waals surface area contributed by atoms with Crippen LogP contribution in [0, 0.1) is 0 Å². The lowest BCUT2D eigenvalue weighted by atomic mass is 10.1. The highest BCUT2D eigenvalue weighted by Crippen LogP contribution is 2.10. The lowest BCUT2D eigenvalue weighted by Crippen LogP contribution is -2.42. The Balaban J connectivity index is 2.82. The maximum absolute atomic E-state index is 12.1. The van der Waals surface area contributed by atoms with Gasteiger partial charge in [-0.05, 0) is 32.9 Å². The van der Waals surface area contributed by atoms with E-state index in [0.717, 1.165) is 0 Å². The van der Waals surface area contributed by atoms with Crippen LogP contribution in [0.4, 0.5) is 0 Å². The van der Waals surface area contributed by atoms with Crippen LogP contribution in [0.3, 0.4) is 0 Å². The van der Waals surface area contributed by atoms with Crippen LogP contribution in [0.25, 0.3) is 0 Å². The first-order valence-corrected chi connectivity index (χ1v) is 5.48. The normalized spacial score (nSPS) is 11.6. The van der Waals surface area contributed by atoms with Crippen LogP contribution in [0.5, 0.6) is 0 Å². The number of aliphatic hydroxyl groups is 1. The monoisotopic (exact) mass is 224 g/mol. The molecule has 16 heavy (non-hydrogen) atoms. The second kappa shape index (κ2) is 4.70. The summed E-state index contributed by atoms with van der Waals surface area (Å²) in [6.45, 7) is 6.25. The first-order chi connectivity index (χ1) is 7.35. The molecule has 0 aliphatic rings. The number of hydrogen-bond donors (Lipinski definition) is 1. The third kappa shape index (κ3) is 3.10. The Kier molecular flexibility index (Phi) is 3.75. The number of carbonyl (C=O) groups is 1. The van der Waals surface area contributed by atoms with Crippen molar-refractivity contribution in [3.05, 3.63) is 24.0 Å². The van der Waals surface area contributed by atoms with Crippen LogP contribution in [-0.2, 0) is 7.05 Å². The van der Waals surface area contributed by atoms with Gasteiger partial charge in [-0.2, -0.15) is 0 Å². The minimum absolute atomic E-state index is 0.0443. The molecule has 1 N–H and O–H groups in total. The van der Waals surface area contributed by atoms with Crippen molar-refractivity contribution in [2.24, 2.45) is 7.05 Å². The molecule has 1 rings (SSSR count). The van der Waals surface area contributed by atoms with Crippen molar-refractivity contribution in [1.82, 2.24) is 9.47 Å². The first-order valence-electron chi connectivity index (χ1n) is 5.48. The van der Waals surface area contributed by atoms with E-state index in [9.17, 15) is 9.90 Å². The molecule has 1 heterocycles. The Morgan fingerprint density at radius 2 is 2.19 bits per heavy atom. The summed E-state index contributed by atoms with van der Waals surface area (Å²) in [6.07, 6.45) is 1.84. The van der Waals surface area contributed by atoms with Crippen LogP contribution >= 0.6 is 0 Å². The largest absolute Gasteiger partial charge is 0.389 e. The molecule has 90 valence electrons. The molecule has 1 amide bonds. The van der Waals surface area contributed by atoms with E-state index in [4.69, 9.17) is 0 Å². The summed E-state index contributed by atoms with van der Waals surface area (Å²) >= 11 is 0. The van der Waals surface area contributed by atoms with Crippen LogP contribution in [0.15, 0.2) is 18.3 Å². The van der Waals surface area contributed by atoms with Gasteiger partial charge in [-0.25, -0.2) is 0 Å². The van der Waals surface area contributed by atoms with E-state index in [2.05, 4.69) is 0 Å². The molecule has 0 saturated heterocycles. The molecular formula is C12H20N2O2. The van der Waals surface area contributed by atoms with Gasteiger partial charge in [0.05, 0.1) is 5.60 Å². The molecule has 0 aliphatic carbocycles. The molecule has 4 heteroatoms. The number of amides is 1. The number of rotatable bonds is 4. The maximum Gasteiger partial charge on any atom is 0.270 e. The second-order valence-electron chi connectivity index (χ2n) is 4.64. The van der Waals surface area contributed by atoms with Crippen molar-refractivity contribution in [1.29, 1.82) is 0 Å². The average molecular weight is 224 g/mol. The molecule has 0 atom stereocenters. The molecule has 0 bridgehead atoms. The smallest absolute Gasteiger partial charge is 0.270 e. The Morgan fingerprint density at radius 1 is 1.56 bits per heavy atom. The van der Waals surface area contributed by atoms with Crippen LogP contribution in [0.2, 0.25) is 0 Å². The molecule has 0 radical (unpaired) electrons. The highest BCUT2D eigenvalue weighted by molar-refractivity contribution is 5.92.